The Balaban J connectivity index is 2.27. The SMILES string of the molecule is CC(Cl)c1nc2cccnc2n1CCSC(F)(F)F. The van der Waals surface area contributed by atoms with Crippen molar-refractivity contribution in [2.24, 2.45) is 0 Å². The van der Waals surface area contributed by atoms with Crippen LogP contribution in [0.4, 0.5) is 13.2 Å². The number of thioether (sulfide) groups is 1. The number of aryl methyl sites for hydroxylation is 1. The average molecular weight is 310 g/mol. The first-order valence-corrected chi connectivity index (χ1v) is 6.96. The molecule has 104 valence electrons. The van der Waals surface area contributed by atoms with E-state index < -0.39 is 5.51 Å². The van der Waals surface area contributed by atoms with Crippen molar-refractivity contribution in [1.29, 1.82) is 0 Å². The first kappa shape index (κ1) is 14.5. The lowest BCUT2D eigenvalue weighted by Crippen LogP contribution is -2.10. The maximum Gasteiger partial charge on any atom is 0.441 e. The summed E-state index contributed by atoms with van der Waals surface area (Å²) >= 11 is 5.95. The molecule has 0 spiro atoms. The third-order valence-electron chi connectivity index (χ3n) is 2.47. The molecule has 0 bridgehead atoms. The van der Waals surface area contributed by atoms with Crippen molar-refractivity contribution < 1.29 is 13.2 Å². The molecule has 2 heterocycles. The second-order valence-electron chi connectivity index (χ2n) is 3.88. The van der Waals surface area contributed by atoms with Crippen LogP contribution in [0.5, 0.6) is 0 Å². The summed E-state index contributed by atoms with van der Waals surface area (Å²) in [5, 5.41) is -0.384. The van der Waals surface area contributed by atoms with Gasteiger partial charge in [0, 0.05) is 18.5 Å². The van der Waals surface area contributed by atoms with Crippen LogP contribution in [-0.2, 0) is 6.54 Å². The van der Waals surface area contributed by atoms with E-state index >= 15 is 0 Å². The highest BCUT2D eigenvalue weighted by Crippen LogP contribution is 2.31. The number of fused-ring (bicyclic) bond motifs is 1. The van der Waals surface area contributed by atoms with Crippen LogP contribution in [0.1, 0.15) is 18.1 Å². The maximum atomic E-state index is 12.2. The molecule has 2 aromatic heterocycles. The number of hydrogen-bond donors (Lipinski definition) is 0. The molecule has 0 fully saturated rings. The van der Waals surface area contributed by atoms with E-state index in [1.54, 1.807) is 29.8 Å². The van der Waals surface area contributed by atoms with E-state index in [9.17, 15) is 13.2 Å². The maximum absolute atomic E-state index is 12.2. The zero-order chi connectivity index (χ0) is 14.0. The molecule has 0 aliphatic carbocycles. The molecule has 1 atom stereocenters. The minimum Gasteiger partial charge on any atom is -0.311 e. The van der Waals surface area contributed by atoms with Crippen molar-refractivity contribution in [1.82, 2.24) is 14.5 Å². The molecule has 0 radical (unpaired) electrons. The van der Waals surface area contributed by atoms with Gasteiger partial charge in [0.2, 0.25) is 0 Å². The summed E-state index contributed by atoms with van der Waals surface area (Å²) in [6, 6.07) is 3.49. The summed E-state index contributed by atoms with van der Waals surface area (Å²) in [5.41, 5.74) is -3.02. The van der Waals surface area contributed by atoms with E-state index in [0.717, 1.165) is 0 Å². The molecule has 2 aromatic rings. The van der Waals surface area contributed by atoms with E-state index in [1.807, 2.05) is 0 Å². The quantitative estimate of drug-likeness (QED) is 0.800. The molecule has 0 N–H and O–H groups in total. The number of imidazole rings is 1. The van der Waals surface area contributed by atoms with E-state index in [2.05, 4.69) is 9.97 Å². The van der Waals surface area contributed by atoms with Crippen LogP contribution in [0.15, 0.2) is 18.3 Å². The Labute approximate surface area is 117 Å². The summed E-state index contributed by atoms with van der Waals surface area (Å²) in [5.74, 6) is 0.445. The standard InChI is InChI=1S/C11H11ClF3N3S/c1-7(12)9-17-8-3-2-4-16-10(8)18(9)5-6-19-11(13,14)15/h2-4,7H,5-6H2,1H3. The van der Waals surface area contributed by atoms with Crippen molar-refractivity contribution in [3.05, 3.63) is 24.2 Å². The first-order chi connectivity index (χ1) is 8.88. The van der Waals surface area contributed by atoms with Crippen molar-refractivity contribution in [3.63, 3.8) is 0 Å². The van der Waals surface area contributed by atoms with E-state index in [4.69, 9.17) is 11.6 Å². The Morgan fingerprint density at radius 2 is 2.21 bits per heavy atom. The van der Waals surface area contributed by atoms with Crippen LogP contribution in [0, 0.1) is 0 Å². The fourth-order valence-corrected chi connectivity index (χ4v) is 2.42. The fourth-order valence-electron chi connectivity index (χ4n) is 1.75. The van der Waals surface area contributed by atoms with Crippen LogP contribution in [0.25, 0.3) is 11.2 Å². The highest BCUT2D eigenvalue weighted by Gasteiger charge is 2.28. The van der Waals surface area contributed by atoms with Crippen LogP contribution in [0.2, 0.25) is 0 Å². The smallest absolute Gasteiger partial charge is 0.311 e. The molecule has 0 saturated heterocycles. The highest BCUT2D eigenvalue weighted by atomic mass is 35.5. The van der Waals surface area contributed by atoms with Gasteiger partial charge in [0.1, 0.15) is 11.3 Å². The Bertz CT molecular complexity index is 568. The molecule has 2 rings (SSSR count). The van der Waals surface area contributed by atoms with Crippen LogP contribution < -0.4 is 0 Å². The van der Waals surface area contributed by atoms with Gasteiger partial charge < -0.3 is 4.57 Å². The molecule has 0 aliphatic heterocycles. The summed E-state index contributed by atoms with van der Waals surface area (Å²) in [6.07, 6.45) is 1.58. The normalized spacial score (nSPS) is 13.9. The summed E-state index contributed by atoms with van der Waals surface area (Å²) in [4.78, 5) is 8.46. The van der Waals surface area contributed by atoms with Gasteiger partial charge in [0.15, 0.2) is 5.65 Å². The van der Waals surface area contributed by atoms with Crippen LogP contribution in [0.3, 0.4) is 0 Å². The Hall–Kier alpha value is -0.950. The molecule has 1 unspecified atom stereocenters. The van der Waals surface area contributed by atoms with Gasteiger partial charge in [-0.1, -0.05) is 0 Å². The number of pyridine rings is 1. The van der Waals surface area contributed by atoms with Gasteiger partial charge in [-0.05, 0) is 30.8 Å². The molecule has 0 aliphatic rings. The van der Waals surface area contributed by atoms with E-state index in [1.165, 1.54) is 0 Å². The van der Waals surface area contributed by atoms with Gasteiger partial charge in [-0.3, -0.25) is 0 Å². The number of nitrogens with zero attached hydrogens (tertiary/aromatic N) is 3. The molecule has 8 heteroatoms. The Morgan fingerprint density at radius 3 is 2.84 bits per heavy atom. The second-order valence-corrected chi connectivity index (χ2v) is 5.69. The lowest BCUT2D eigenvalue weighted by molar-refractivity contribution is -0.0328. The number of halogens is 4. The highest BCUT2D eigenvalue weighted by molar-refractivity contribution is 8.00. The van der Waals surface area contributed by atoms with Gasteiger partial charge in [-0.25, -0.2) is 9.97 Å². The van der Waals surface area contributed by atoms with Crippen molar-refractivity contribution in [2.45, 2.75) is 24.4 Å². The van der Waals surface area contributed by atoms with Crippen molar-refractivity contribution in [3.8, 4) is 0 Å². The minimum atomic E-state index is -4.23. The molecular formula is C11H11ClF3N3S. The molecule has 3 nitrogen and oxygen atoms in total. The molecule has 0 saturated carbocycles. The third kappa shape index (κ3) is 3.54. The zero-order valence-corrected chi connectivity index (χ0v) is 11.6. The van der Waals surface area contributed by atoms with E-state index in [0.29, 0.717) is 17.0 Å². The predicted octanol–water partition coefficient (Wildman–Crippen LogP) is 3.98. The van der Waals surface area contributed by atoms with E-state index in [-0.39, 0.29) is 29.4 Å². The monoisotopic (exact) mass is 309 g/mol. The summed E-state index contributed by atoms with van der Waals surface area (Å²) in [7, 11) is 0. The second kappa shape index (κ2) is 5.58. The lowest BCUT2D eigenvalue weighted by Gasteiger charge is -2.10. The predicted molar refractivity (Wildman–Crippen MR) is 70.3 cm³/mol. The number of aromatic nitrogens is 3. The average Bonchev–Trinajstić information content (AvgIpc) is 2.67. The number of rotatable bonds is 4. The van der Waals surface area contributed by atoms with Crippen LogP contribution >= 0.6 is 23.4 Å². The number of hydrogen-bond acceptors (Lipinski definition) is 3. The number of alkyl halides is 4. The third-order valence-corrected chi connectivity index (χ3v) is 3.38. The fraction of sp³-hybridized carbons (Fsp3) is 0.455. The van der Waals surface area contributed by atoms with Gasteiger partial charge in [0.05, 0.1) is 5.38 Å². The minimum absolute atomic E-state index is 0.0587. The molecular weight excluding hydrogens is 299 g/mol. The summed E-state index contributed by atoms with van der Waals surface area (Å²) < 4.78 is 38.1. The largest absolute Gasteiger partial charge is 0.441 e. The van der Waals surface area contributed by atoms with Gasteiger partial charge in [0.25, 0.3) is 0 Å². The lowest BCUT2D eigenvalue weighted by atomic mass is 10.4. The van der Waals surface area contributed by atoms with Gasteiger partial charge >= 0.3 is 5.51 Å². The molecule has 19 heavy (non-hydrogen) atoms. The zero-order valence-electron chi connectivity index (χ0n) is 9.99. The Kier molecular flexibility index (Phi) is 4.25. The van der Waals surface area contributed by atoms with Gasteiger partial charge in [-0.2, -0.15) is 13.2 Å². The van der Waals surface area contributed by atoms with Gasteiger partial charge in [-0.15, -0.1) is 11.6 Å². The Morgan fingerprint density at radius 1 is 1.47 bits per heavy atom. The summed E-state index contributed by atoms with van der Waals surface area (Å²) in [6.45, 7) is 1.90. The first-order valence-electron chi connectivity index (χ1n) is 5.54. The van der Waals surface area contributed by atoms with Crippen molar-refractivity contribution in [2.75, 3.05) is 5.75 Å². The molecule has 0 amide bonds. The van der Waals surface area contributed by atoms with Crippen LogP contribution in [-0.4, -0.2) is 25.8 Å². The van der Waals surface area contributed by atoms with Crippen molar-refractivity contribution >= 4 is 34.5 Å². The molecule has 0 aromatic carbocycles. The topological polar surface area (TPSA) is 30.7 Å².